The van der Waals surface area contributed by atoms with E-state index in [0.29, 0.717) is 74.8 Å². The van der Waals surface area contributed by atoms with Crippen LogP contribution in [0.25, 0.3) is 90.1 Å². The Hall–Kier alpha value is -7.77. The van der Waals surface area contributed by atoms with Gasteiger partial charge in [0.15, 0.2) is 0 Å². The van der Waals surface area contributed by atoms with Crippen molar-refractivity contribution in [1.82, 2.24) is 74.5 Å². The summed E-state index contributed by atoms with van der Waals surface area (Å²) in [4.78, 5) is 63.7. The number of nitrogens with zero attached hydrogens (tertiary/aromatic N) is 14. The molecule has 2 aromatic carbocycles. The Bertz CT molecular complexity index is 3630. The van der Waals surface area contributed by atoms with E-state index in [2.05, 4.69) is 54.6 Å². The number of nitrogen functional groups attached to an aromatic ring is 1. The molecule has 0 unspecified atom stereocenters. The smallest absolute Gasteiger partial charge is 0.368 e. The average Bonchev–Trinajstić information content (AvgIpc) is 4.11. The molecule has 2 aliphatic heterocycles. The molecule has 2 aliphatic rings. The number of nitrogens with two attached hydrogens (primary N) is 1. The van der Waals surface area contributed by atoms with Gasteiger partial charge in [-0.25, -0.2) is 28.4 Å². The standard InChI is InChI=1S/C29H13N11.C12H17N7O8S3.C2H6.CH4.Cu/c1-2-7-15-14(6-1)22-33-23(15)35-27-20-17(9-4-12-31-20)25(37-27)39-29-21-18(10-5-13-32-21)26(40-29)38-28-19-16(8-3-11-30-19)24(34-22)36-28;1-29(21,22)15-5-4-14-11-17-10(13)18-12(19-11)16-8-6-7(30(23,24)25)2-3-9(8)28-27-26-20;1-2;;/h1-13H;2-3,6,15,20H,4-5H2,1H3,(H,23,24,25)(H4,13,14,16,17,18,19);1-2H3;1H4;/q-2;;;;+2. The molecule has 9 heterocycles. The fourth-order valence-corrected chi connectivity index (χ4v) is 8.44. The number of aromatic nitrogens is 14. The number of nitrogens with one attached hydrogen (secondary N) is 3. The van der Waals surface area contributed by atoms with Crippen LogP contribution in [0.4, 0.5) is 23.5 Å². The van der Waals surface area contributed by atoms with Crippen molar-refractivity contribution in [3.63, 3.8) is 0 Å². The third-order valence-corrected chi connectivity index (χ3v) is 12.2. The monoisotopic (exact) mass is 1110 g/mol. The minimum absolute atomic E-state index is 0. The van der Waals surface area contributed by atoms with E-state index in [-0.39, 0.29) is 66.0 Å². The number of pyridine rings is 3. The second-order valence-corrected chi connectivity index (χ2v) is 18.6. The van der Waals surface area contributed by atoms with Crippen LogP contribution in [-0.2, 0) is 46.6 Å². The van der Waals surface area contributed by atoms with E-state index in [0.717, 1.165) is 45.7 Å². The van der Waals surface area contributed by atoms with Gasteiger partial charge in [-0.15, -0.1) is 4.33 Å². The normalized spacial score (nSPS) is 11.4. The SMILES string of the molecule is C.CC.CS(=O)(=O)NCCNc1nc(N)nc(Nc2cc(S(=O)(=O)O)ccc2SOOO)n1.[Cu+2].c1cnc2c(c1)-c1nc-2nc2[n-]c(nc3nc(nc4[n-]c(n1)c1ncccc41)-c1ncccc1-3)c1ccccc21. The summed E-state index contributed by atoms with van der Waals surface area (Å²) in [6.07, 6.45) is 6.13. The summed E-state index contributed by atoms with van der Waals surface area (Å²) in [5.74, 6) is 1.42. The largest absolute Gasteiger partial charge is 2.00 e. The van der Waals surface area contributed by atoms with Crippen LogP contribution in [0.5, 0.6) is 0 Å². The number of hydrogen-bond donors (Lipinski definition) is 6. The van der Waals surface area contributed by atoms with Crippen molar-refractivity contribution >= 4 is 100.0 Å². The van der Waals surface area contributed by atoms with Gasteiger partial charge in [0.05, 0.1) is 50.9 Å². The number of hydrogen-bond acceptors (Lipinski definition) is 23. The van der Waals surface area contributed by atoms with Gasteiger partial charge in [-0.05, 0) is 59.3 Å². The van der Waals surface area contributed by atoms with Crippen LogP contribution in [0.2, 0.25) is 0 Å². The van der Waals surface area contributed by atoms with Crippen LogP contribution in [0.15, 0.2) is 107 Å². The van der Waals surface area contributed by atoms with Crippen molar-refractivity contribution in [3.05, 3.63) is 97.5 Å². The first-order valence-electron chi connectivity index (χ1n) is 21.2. The fraction of sp³-hybridized carbons (Fsp3) is 0.136. The van der Waals surface area contributed by atoms with E-state index < -0.39 is 25.0 Å². The topological polar surface area (TPSA) is 372 Å². The van der Waals surface area contributed by atoms with Crippen molar-refractivity contribution in [3.8, 4) is 45.8 Å². The van der Waals surface area contributed by atoms with Gasteiger partial charge in [-0.1, -0.05) is 56.6 Å². The Labute approximate surface area is 435 Å². The zero-order valence-electron chi connectivity index (χ0n) is 37.9. The summed E-state index contributed by atoms with van der Waals surface area (Å²) in [5, 5.41) is 19.7. The predicted molar refractivity (Wildman–Crippen MR) is 271 cm³/mol. The molecule has 7 aromatic heterocycles. The summed E-state index contributed by atoms with van der Waals surface area (Å²) in [6.45, 7) is 4.19. The molecule has 11 rings (SSSR count). The minimum atomic E-state index is -4.52. The number of sulfonamides is 1. The molecule has 7 N–H and O–H groups in total. The summed E-state index contributed by atoms with van der Waals surface area (Å²) < 4.78 is 60.7. The van der Waals surface area contributed by atoms with Crippen LogP contribution in [0.3, 0.4) is 0 Å². The first-order valence-corrected chi connectivity index (χ1v) is 25.3. The first kappa shape index (κ1) is 54.0. The third-order valence-electron chi connectivity index (χ3n) is 9.96. The molecule has 30 heteroatoms. The van der Waals surface area contributed by atoms with Crippen molar-refractivity contribution in [1.29, 1.82) is 0 Å². The van der Waals surface area contributed by atoms with Gasteiger partial charge in [-0.3, -0.25) is 19.5 Å². The molecule has 0 atom stereocenters. The quantitative estimate of drug-likeness (QED) is 0.0222. The van der Waals surface area contributed by atoms with E-state index in [9.17, 15) is 21.4 Å². The van der Waals surface area contributed by atoms with Crippen LogP contribution in [-0.4, -0.2) is 106 Å². The molecule has 1 radical (unpaired) electrons. The van der Waals surface area contributed by atoms with Crippen molar-refractivity contribution < 1.29 is 53.1 Å². The second-order valence-electron chi connectivity index (χ2n) is 14.6. The van der Waals surface area contributed by atoms with Crippen LogP contribution in [0, 0.1) is 0 Å². The minimum Gasteiger partial charge on any atom is -0.368 e. The third kappa shape index (κ3) is 11.8. The molecule has 26 nitrogen and oxygen atoms in total. The Morgan fingerprint density at radius 1 is 0.649 bits per heavy atom. The predicted octanol–water partition coefficient (Wildman–Crippen LogP) is 5.81. The Morgan fingerprint density at radius 3 is 1.80 bits per heavy atom. The molecule has 0 saturated carbocycles. The van der Waals surface area contributed by atoms with E-state index >= 15 is 0 Å². The van der Waals surface area contributed by atoms with Gasteiger partial charge < -0.3 is 46.3 Å². The number of fused-ring (bicyclic) bond motifs is 20. The van der Waals surface area contributed by atoms with Gasteiger partial charge >= 0.3 is 17.1 Å². The summed E-state index contributed by atoms with van der Waals surface area (Å²) in [6, 6.07) is 22.5. The molecule has 0 aliphatic carbocycles. The maximum Gasteiger partial charge on any atom is 2.00 e. The maximum absolute atomic E-state index is 11.4. The van der Waals surface area contributed by atoms with E-state index in [1.165, 1.54) is 6.07 Å². The molecular formula is C44H40CuN18O8S3. The van der Waals surface area contributed by atoms with Gasteiger partial charge in [0.25, 0.3) is 10.1 Å². The molecule has 9 aromatic rings. The molecule has 74 heavy (non-hydrogen) atoms. The fourth-order valence-electron chi connectivity index (χ4n) is 7.04. The van der Waals surface area contributed by atoms with Crippen molar-refractivity contribution in [2.24, 2.45) is 0 Å². The Kier molecular flexibility index (Phi) is 16.8. The zero-order valence-corrected chi connectivity index (χ0v) is 41.3. The maximum atomic E-state index is 11.4. The summed E-state index contributed by atoms with van der Waals surface area (Å²) >= 11 is 0.519. The Balaban J connectivity index is 0.000000213. The molecule has 0 spiro atoms. The molecule has 8 bridgehead atoms. The van der Waals surface area contributed by atoms with E-state index in [1.54, 1.807) is 18.6 Å². The molecule has 383 valence electrons. The Morgan fingerprint density at radius 2 is 1.19 bits per heavy atom. The van der Waals surface area contributed by atoms with Crippen molar-refractivity contribution in [2.45, 2.75) is 31.1 Å². The van der Waals surface area contributed by atoms with Gasteiger partial charge in [0.2, 0.25) is 27.9 Å². The molecule has 0 fully saturated rings. The second kappa shape index (κ2) is 23.0. The van der Waals surface area contributed by atoms with E-state index in [1.807, 2.05) is 74.5 Å². The zero-order chi connectivity index (χ0) is 50.6. The van der Waals surface area contributed by atoms with Crippen molar-refractivity contribution in [2.75, 3.05) is 35.7 Å². The number of rotatable bonds is 11. The van der Waals surface area contributed by atoms with Gasteiger partial charge in [0, 0.05) is 70.8 Å². The summed E-state index contributed by atoms with van der Waals surface area (Å²) in [7, 11) is -7.87. The molecule has 0 amide bonds. The molecule has 0 saturated heterocycles. The molecular weight excluding hydrogens is 1070 g/mol. The van der Waals surface area contributed by atoms with Crippen LogP contribution < -0.4 is 31.1 Å². The van der Waals surface area contributed by atoms with Gasteiger partial charge in [0.1, 0.15) is 23.0 Å². The number of benzene rings is 2. The van der Waals surface area contributed by atoms with Crippen LogP contribution in [0.1, 0.15) is 21.3 Å². The number of anilines is 4. The average molecular weight is 1110 g/mol. The van der Waals surface area contributed by atoms with Crippen LogP contribution >= 0.6 is 12.0 Å². The van der Waals surface area contributed by atoms with Gasteiger partial charge in [-0.2, -0.15) is 23.4 Å². The van der Waals surface area contributed by atoms with E-state index in [4.69, 9.17) is 50.9 Å². The summed E-state index contributed by atoms with van der Waals surface area (Å²) in [5.41, 5.74) is 10.8. The first-order chi connectivity index (χ1) is 34.8.